The lowest BCUT2D eigenvalue weighted by Crippen LogP contribution is -2.14. The van der Waals surface area contributed by atoms with Crippen molar-refractivity contribution in [2.24, 2.45) is 0 Å². The summed E-state index contributed by atoms with van der Waals surface area (Å²) in [6.07, 6.45) is 0. The number of fused-ring (bicyclic) bond motifs is 1. The van der Waals surface area contributed by atoms with Crippen LogP contribution < -0.4 is 5.32 Å². The Balaban J connectivity index is 1.52. The van der Waals surface area contributed by atoms with Gasteiger partial charge in [-0.1, -0.05) is 54.6 Å². The van der Waals surface area contributed by atoms with Crippen LogP contribution >= 0.6 is 0 Å². The van der Waals surface area contributed by atoms with Gasteiger partial charge in [-0.05, 0) is 48.0 Å². The van der Waals surface area contributed by atoms with Gasteiger partial charge in [-0.2, -0.15) is 5.21 Å². The summed E-state index contributed by atoms with van der Waals surface area (Å²) in [5.74, 6) is 1.06. The van der Waals surface area contributed by atoms with Crippen LogP contribution in [0.3, 0.4) is 0 Å². The summed E-state index contributed by atoms with van der Waals surface area (Å²) in [7, 11) is 1.88. The molecule has 0 aliphatic rings. The van der Waals surface area contributed by atoms with Gasteiger partial charge in [0.2, 0.25) is 5.82 Å². The smallest absolute Gasteiger partial charge is 0.340 e. The molecule has 0 saturated heterocycles. The van der Waals surface area contributed by atoms with Crippen molar-refractivity contribution in [3.05, 3.63) is 83.7 Å². The fourth-order valence-corrected chi connectivity index (χ4v) is 4.25. The van der Waals surface area contributed by atoms with Crippen molar-refractivity contribution in [3.63, 3.8) is 0 Å². The van der Waals surface area contributed by atoms with Crippen molar-refractivity contribution in [3.8, 4) is 22.5 Å². The monoisotopic (exact) mass is 467 g/mol. The Morgan fingerprint density at radius 1 is 1.03 bits per heavy atom. The highest BCUT2D eigenvalue weighted by atomic mass is 16.5. The third kappa shape index (κ3) is 4.41. The highest BCUT2D eigenvalue weighted by molar-refractivity contribution is 6.02. The number of rotatable bonds is 8. The molecule has 0 radical (unpaired) electrons. The highest BCUT2D eigenvalue weighted by Crippen LogP contribution is 2.30. The number of nitrogens with one attached hydrogen (secondary N) is 2. The van der Waals surface area contributed by atoms with E-state index < -0.39 is 0 Å². The van der Waals surface area contributed by atoms with Gasteiger partial charge in [-0.25, -0.2) is 9.78 Å². The van der Waals surface area contributed by atoms with Gasteiger partial charge >= 0.3 is 5.97 Å². The van der Waals surface area contributed by atoms with E-state index in [-0.39, 0.29) is 5.97 Å². The van der Waals surface area contributed by atoms with Gasteiger partial charge in [0.05, 0.1) is 29.7 Å². The molecule has 5 aromatic rings. The first-order chi connectivity index (χ1) is 17.2. The zero-order valence-corrected chi connectivity index (χ0v) is 19.5. The second-order valence-corrected chi connectivity index (χ2v) is 8.02. The van der Waals surface area contributed by atoms with E-state index in [9.17, 15) is 4.79 Å². The molecule has 9 nitrogen and oxygen atoms in total. The molecule has 0 fully saturated rings. The van der Waals surface area contributed by atoms with Crippen LogP contribution in [0.4, 0.5) is 0 Å². The average Bonchev–Trinajstić information content (AvgIpc) is 3.54. The molecule has 2 heterocycles. The van der Waals surface area contributed by atoms with Crippen LogP contribution in [0.2, 0.25) is 0 Å². The molecule has 9 heteroatoms. The quantitative estimate of drug-likeness (QED) is 0.334. The Bertz CT molecular complexity index is 1460. The van der Waals surface area contributed by atoms with Crippen LogP contribution in [0.15, 0.2) is 66.7 Å². The van der Waals surface area contributed by atoms with Gasteiger partial charge in [-0.3, -0.25) is 0 Å². The number of tetrazole rings is 1. The number of nitrogens with zero attached hydrogens (tertiary/aromatic N) is 5. The zero-order chi connectivity index (χ0) is 24.2. The maximum absolute atomic E-state index is 12.7. The van der Waals surface area contributed by atoms with E-state index in [1.165, 1.54) is 0 Å². The van der Waals surface area contributed by atoms with Crippen LogP contribution in [0.5, 0.6) is 0 Å². The predicted octanol–water partition coefficient (Wildman–Crippen LogP) is 3.83. The molecular weight excluding hydrogens is 442 g/mol. The molecule has 0 saturated carbocycles. The van der Waals surface area contributed by atoms with Crippen molar-refractivity contribution >= 4 is 17.0 Å². The molecule has 2 N–H and O–H groups in total. The molecule has 0 bridgehead atoms. The largest absolute Gasteiger partial charge is 0.462 e. The lowest BCUT2D eigenvalue weighted by molar-refractivity contribution is 0.0528. The molecule has 3 aromatic carbocycles. The molecule has 2 aromatic heterocycles. The summed E-state index contributed by atoms with van der Waals surface area (Å²) in [6.45, 7) is 3.27. The third-order valence-electron chi connectivity index (χ3n) is 5.79. The van der Waals surface area contributed by atoms with Gasteiger partial charge in [-0.15, -0.1) is 10.2 Å². The lowest BCUT2D eigenvalue weighted by atomic mass is 9.98. The van der Waals surface area contributed by atoms with Crippen molar-refractivity contribution in [2.75, 3.05) is 13.7 Å². The molecule has 0 unspecified atom stereocenters. The number of benzene rings is 3. The van der Waals surface area contributed by atoms with Crippen molar-refractivity contribution < 1.29 is 9.53 Å². The van der Waals surface area contributed by atoms with E-state index >= 15 is 0 Å². The zero-order valence-electron chi connectivity index (χ0n) is 19.5. The lowest BCUT2D eigenvalue weighted by Gasteiger charge is -2.13. The fourth-order valence-electron chi connectivity index (χ4n) is 4.25. The van der Waals surface area contributed by atoms with Gasteiger partial charge < -0.3 is 14.6 Å². The summed E-state index contributed by atoms with van der Waals surface area (Å²) in [5.41, 5.74) is 6.13. The number of hydrogen-bond donors (Lipinski definition) is 2. The van der Waals surface area contributed by atoms with Crippen LogP contribution in [-0.4, -0.2) is 49.8 Å². The van der Waals surface area contributed by atoms with E-state index in [0.717, 1.165) is 39.1 Å². The molecule has 5 rings (SSSR count). The minimum Gasteiger partial charge on any atom is -0.462 e. The summed E-state index contributed by atoms with van der Waals surface area (Å²) in [5, 5.41) is 17.6. The van der Waals surface area contributed by atoms with Crippen molar-refractivity contribution in [1.82, 2.24) is 35.5 Å². The van der Waals surface area contributed by atoms with Crippen LogP contribution in [0.25, 0.3) is 33.5 Å². The first-order valence-corrected chi connectivity index (χ1v) is 11.4. The average molecular weight is 468 g/mol. The molecule has 0 amide bonds. The molecule has 0 atom stereocenters. The van der Waals surface area contributed by atoms with Gasteiger partial charge in [0.1, 0.15) is 5.82 Å². The van der Waals surface area contributed by atoms with Gasteiger partial charge in [0.15, 0.2) is 0 Å². The van der Waals surface area contributed by atoms with E-state index in [1.54, 1.807) is 13.0 Å². The number of aromatic amines is 1. The number of carbonyl (C=O) groups is 1. The van der Waals surface area contributed by atoms with Gasteiger partial charge in [0.25, 0.3) is 0 Å². The molecular formula is C26H25N7O2. The van der Waals surface area contributed by atoms with E-state index in [0.29, 0.717) is 31.1 Å². The first-order valence-electron chi connectivity index (χ1n) is 11.4. The van der Waals surface area contributed by atoms with Crippen molar-refractivity contribution in [1.29, 1.82) is 0 Å². The summed E-state index contributed by atoms with van der Waals surface area (Å²) in [4.78, 5) is 17.4. The molecule has 0 aliphatic carbocycles. The normalized spacial score (nSPS) is 11.1. The molecule has 0 aliphatic heterocycles. The number of H-pyrrole nitrogens is 1. The van der Waals surface area contributed by atoms with Crippen LogP contribution in [-0.2, 0) is 17.8 Å². The second-order valence-electron chi connectivity index (χ2n) is 8.02. The summed E-state index contributed by atoms with van der Waals surface area (Å²) in [6, 6.07) is 21.9. The Labute approximate surface area is 202 Å². The SMILES string of the molecule is CCOC(=O)c1cccc2nc(CNC)n(Cc3ccc(-c4ccccc4-c4nn[nH]n4)cc3)c12. The third-order valence-corrected chi connectivity index (χ3v) is 5.79. The number of ether oxygens (including phenoxy) is 1. The minimum atomic E-state index is -0.344. The number of imidazole rings is 1. The van der Waals surface area contributed by atoms with Crippen molar-refractivity contribution in [2.45, 2.75) is 20.0 Å². The maximum atomic E-state index is 12.7. The Morgan fingerprint density at radius 2 is 1.83 bits per heavy atom. The number of para-hydroxylation sites is 1. The Kier molecular flexibility index (Phi) is 6.32. The summed E-state index contributed by atoms with van der Waals surface area (Å²) < 4.78 is 7.39. The number of carbonyl (C=O) groups excluding carboxylic acids is 1. The minimum absolute atomic E-state index is 0.319. The number of aromatic nitrogens is 6. The molecule has 35 heavy (non-hydrogen) atoms. The standard InChI is InChI=1S/C26H25N7O2/c1-3-35-26(34)21-9-6-10-22-24(21)33(23(28-22)15-27-2)16-17-11-13-18(14-12-17)19-7-4-5-8-20(19)25-29-31-32-30-25/h4-14,27H,3,15-16H2,1-2H3,(H,29,30,31,32). The fraction of sp³-hybridized carbons (Fsp3) is 0.192. The van der Waals surface area contributed by atoms with E-state index in [2.05, 4.69) is 54.8 Å². The predicted molar refractivity (Wildman–Crippen MR) is 133 cm³/mol. The number of esters is 1. The topological polar surface area (TPSA) is 111 Å². The first kappa shape index (κ1) is 22.4. The number of hydrogen-bond acceptors (Lipinski definition) is 7. The van der Waals surface area contributed by atoms with Crippen LogP contribution in [0.1, 0.15) is 28.7 Å². The van der Waals surface area contributed by atoms with Crippen LogP contribution in [0, 0.1) is 0 Å². The summed E-state index contributed by atoms with van der Waals surface area (Å²) >= 11 is 0. The molecule has 176 valence electrons. The Morgan fingerprint density at radius 3 is 2.54 bits per heavy atom. The van der Waals surface area contributed by atoms with Gasteiger partial charge in [0, 0.05) is 12.1 Å². The maximum Gasteiger partial charge on any atom is 0.340 e. The van der Waals surface area contributed by atoms with E-state index in [1.807, 2.05) is 43.4 Å². The van der Waals surface area contributed by atoms with E-state index in [4.69, 9.17) is 9.72 Å². The highest BCUT2D eigenvalue weighted by Gasteiger charge is 2.19. The molecule has 0 spiro atoms. The Hall–Kier alpha value is -4.37. The second kappa shape index (κ2) is 9.86.